The Labute approximate surface area is 100 Å². The topological polar surface area (TPSA) is 66.4 Å². The summed E-state index contributed by atoms with van der Waals surface area (Å²) in [5.74, 6) is -0.0633. The van der Waals surface area contributed by atoms with E-state index >= 15 is 0 Å². The minimum absolute atomic E-state index is 0.0633. The van der Waals surface area contributed by atoms with Gasteiger partial charge in [-0.05, 0) is 24.8 Å². The molecule has 0 aliphatic rings. The fraction of sp³-hybridized carbons (Fsp3) is 0.400. The molecule has 0 amide bonds. The Hall–Kier alpha value is -0.720. The minimum Gasteiger partial charge on any atom is -0.396 e. The van der Waals surface area contributed by atoms with Crippen molar-refractivity contribution in [2.75, 3.05) is 23.3 Å². The van der Waals surface area contributed by atoms with Crippen LogP contribution in [0, 0.1) is 0 Å². The molecule has 0 atom stereocenters. The monoisotopic (exact) mass is 261 g/mol. The van der Waals surface area contributed by atoms with Gasteiger partial charge in [0.2, 0.25) is 10.0 Å². The van der Waals surface area contributed by atoms with Crippen molar-refractivity contribution in [3.05, 3.63) is 24.3 Å². The molecule has 0 aromatic heterocycles. The van der Waals surface area contributed by atoms with Crippen molar-refractivity contribution < 1.29 is 13.5 Å². The standard InChI is InChI=1S/C10H15NO3S2/c1-15-10-6-3-2-5-9(10)11-16(13,14)8-4-7-12/h2-3,5-6,11-12H,4,7-8H2,1H3. The second-order valence-corrected chi connectivity index (χ2v) is 5.89. The molecule has 0 aliphatic heterocycles. The third-order valence-corrected chi connectivity index (χ3v) is 4.10. The third-order valence-electron chi connectivity index (χ3n) is 1.94. The molecule has 0 saturated heterocycles. The second kappa shape index (κ2) is 6.12. The van der Waals surface area contributed by atoms with E-state index in [1.165, 1.54) is 11.8 Å². The zero-order valence-electron chi connectivity index (χ0n) is 9.01. The van der Waals surface area contributed by atoms with Crippen LogP contribution in [0.2, 0.25) is 0 Å². The van der Waals surface area contributed by atoms with Gasteiger partial charge >= 0.3 is 0 Å². The Morgan fingerprint density at radius 1 is 1.38 bits per heavy atom. The number of thioether (sulfide) groups is 1. The fourth-order valence-corrected chi connectivity index (χ4v) is 2.94. The molecular weight excluding hydrogens is 246 g/mol. The van der Waals surface area contributed by atoms with Crippen LogP contribution in [0.25, 0.3) is 0 Å². The molecule has 90 valence electrons. The summed E-state index contributed by atoms with van der Waals surface area (Å²) in [7, 11) is -3.35. The van der Waals surface area contributed by atoms with E-state index in [0.717, 1.165) is 4.90 Å². The van der Waals surface area contributed by atoms with Crippen LogP contribution in [0.5, 0.6) is 0 Å². The molecule has 4 nitrogen and oxygen atoms in total. The lowest BCUT2D eigenvalue weighted by molar-refractivity contribution is 0.295. The first-order valence-corrected chi connectivity index (χ1v) is 7.71. The van der Waals surface area contributed by atoms with Gasteiger partial charge in [-0.3, -0.25) is 4.72 Å². The summed E-state index contributed by atoms with van der Waals surface area (Å²) in [6.07, 6.45) is 2.14. The smallest absolute Gasteiger partial charge is 0.232 e. The molecule has 16 heavy (non-hydrogen) atoms. The number of nitrogens with one attached hydrogen (secondary N) is 1. The van der Waals surface area contributed by atoms with Crippen LogP contribution in [0.4, 0.5) is 5.69 Å². The molecule has 6 heteroatoms. The number of benzene rings is 1. The van der Waals surface area contributed by atoms with E-state index < -0.39 is 10.0 Å². The largest absolute Gasteiger partial charge is 0.396 e. The molecule has 0 radical (unpaired) electrons. The number of anilines is 1. The van der Waals surface area contributed by atoms with Crippen LogP contribution in [0.1, 0.15) is 6.42 Å². The van der Waals surface area contributed by atoms with Gasteiger partial charge in [0.1, 0.15) is 0 Å². The summed E-state index contributed by atoms with van der Waals surface area (Å²) < 4.78 is 25.7. The predicted octanol–water partition coefficient (Wildman–Crippen LogP) is 1.53. The molecule has 0 aliphatic carbocycles. The lowest BCUT2D eigenvalue weighted by atomic mass is 10.3. The molecule has 1 rings (SSSR count). The van der Waals surface area contributed by atoms with Crippen molar-refractivity contribution in [2.45, 2.75) is 11.3 Å². The van der Waals surface area contributed by atoms with Crippen molar-refractivity contribution in [3.63, 3.8) is 0 Å². The molecule has 0 saturated carbocycles. The zero-order valence-corrected chi connectivity index (χ0v) is 10.6. The third kappa shape index (κ3) is 4.03. The molecule has 2 N–H and O–H groups in total. The zero-order chi connectivity index (χ0) is 12.0. The lowest BCUT2D eigenvalue weighted by Gasteiger charge is -2.10. The van der Waals surface area contributed by atoms with E-state index in [4.69, 9.17) is 5.11 Å². The molecular formula is C10H15NO3S2. The lowest BCUT2D eigenvalue weighted by Crippen LogP contribution is -2.17. The SMILES string of the molecule is CSc1ccccc1NS(=O)(=O)CCCO. The Kier molecular flexibility index (Phi) is 5.11. The summed E-state index contributed by atoms with van der Waals surface area (Å²) in [6, 6.07) is 7.22. The van der Waals surface area contributed by atoms with Crippen LogP contribution in [0.3, 0.4) is 0 Å². The maximum atomic E-state index is 11.6. The van der Waals surface area contributed by atoms with Crippen molar-refractivity contribution in [1.82, 2.24) is 0 Å². The van der Waals surface area contributed by atoms with Crippen LogP contribution >= 0.6 is 11.8 Å². The average molecular weight is 261 g/mol. The van der Waals surface area contributed by atoms with E-state index in [2.05, 4.69) is 4.72 Å². The first-order valence-electron chi connectivity index (χ1n) is 4.83. The van der Waals surface area contributed by atoms with Gasteiger partial charge in [0, 0.05) is 11.5 Å². The number of aliphatic hydroxyl groups is 1. The van der Waals surface area contributed by atoms with Crippen LogP contribution in [-0.2, 0) is 10.0 Å². The molecule has 1 aromatic carbocycles. The van der Waals surface area contributed by atoms with Crippen LogP contribution < -0.4 is 4.72 Å². The highest BCUT2D eigenvalue weighted by Gasteiger charge is 2.11. The van der Waals surface area contributed by atoms with Crippen molar-refractivity contribution in [3.8, 4) is 0 Å². The average Bonchev–Trinajstić information content (AvgIpc) is 2.27. The van der Waals surface area contributed by atoms with Gasteiger partial charge in [0.05, 0.1) is 11.4 Å². The number of rotatable bonds is 6. The predicted molar refractivity (Wildman–Crippen MR) is 67.3 cm³/mol. The quantitative estimate of drug-likeness (QED) is 0.762. The summed E-state index contributed by atoms with van der Waals surface area (Å²) in [6.45, 7) is -0.120. The van der Waals surface area contributed by atoms with Crippen molar-refractivity contribution >= 4 is 27.5 Å². The van der Waals surface area contributed by atoms with Crippen molar-refractivity contribution in [2.24, 2.45) is 0 Å². The molecule has 0 fully saturated rings. The van der Waals surface area contributed by atoms with Crippen molar-refractivity contribution in [1.29, 1.82) is 0 Å². The molecule has 1 aromatic rings. The Morgan fingerprint density at radius 2 is 2.06 bits per heavy atom. The summed E-state index contributed by atoms with van der Waals surface area (Å²) in [4.78, 5) is 0.884. The van der Waals surface area contributed by atoms with Gasteiger partial charge in [0.15, 0.2) is 0 Å². The Bertz CT molecular complexity index is 431. The van der Waals surface area contributed by atoms with E-state index in [9.17, 15) is 8.42 Å². The van der Waals surface area contributed by atoms with Gasteiger partial charge in [0.25, 0.3) is 0 Å². The van der Waals surface area contributed by atoms with Gasteiger partial charge in [-0.25, -0.2) is 8.42 Å². The Balaban J connectivity index is 2.79. The van der Waals surface area contributed by atoms with E-state index in [1.54, 1.807) is 12.1 Å². The molecule has 0 bridgehead atoms. The van der Waals surface area contributed by atoms with Gasteiger partial charge < -0.3 is 5.11 Å². The maximum Gasteiger partial charge on any atom is 0.232 e. The highest BCUT2D eigenvalue weighted by Crippen LogP contribution is 2.25. The fourth-order valence-electron chi connectivity index (χ4n) is 1.20. The number of hydrogen-bond donors (Lipinski definition) is 2. The normalized spacial score (nSPS) is 11.4. The summed E-state index contributed by atoms with van der Waals surface area (Å²) in [5, 5.41) is 8.60. The number of aliphatic hydroxyl groups excluding tert-OH is 1. The highest BCUT2D eigenvalue weighted by molar-refractivity contribution is 7.99. The number of sulfonamides is 1. The number of para-hydroxylation sites is 1. The van der Waals surface area contributed by atoms with Gasteiger partial charge in [-0.2, -0.15) is 0 Å². The van der Waals surface area contributed by atoms with Gasteiger partial charge in [-0.1, -0.05) is 12.1 Å². The molecule has 0 heterocycles. The first kappa shape index (κ1) is 13.3. The van der Waals surface area contributed by atoms with E-state index in [-0.39, 0.29) is 18.8 Å². The Morgan fingerprint density at radius 3 is 2.69 bits per heavy atom. The highest BCUT2D eigenvalue weighted by atomic mass is 32.2. The van der Waals surface area contributed by atoms with Crippen LogP contribution in [0.15, 0.2) is 29.2 Å². The van der Waals surface area contributed by atoms with Gasteiger partial charge in [-0.15, -0.1) is 11.8 Å². The second-order valence-electron chi connectivity index (χ2n) is 3.20. The number of hydrogen-bond acceptors (Lipinski definition) is 4. The van der Waals surface area contributed by atoms with Crippen LogP contribution in [-0.4, -0.2) is 32.1 Å². The first-order chi connectivity index (χ1) is 7.59. The van der Waals surface area contributed by atoms with E-state index in [0.29, 0.717) is 5.69 Å². The summed E-state index contributed by atoms with van der Waals surface area (Å²) >= 11 is 1.48. The maximum absolute atomic E-state index is 11.6. The summed E-state index contributed by atoms with van der Waals surface area (Å²) in [5.41, 5.74) is 0.591. The molecule has 0 spiro atoms. The minimum atomic E-state index is -3.35. The molecule has 0 unspecified atom stereocenters. The van der Waals surface area contributed by atoms with E-state index in [1.807, 2.05) is 18.4 Å².